The van der Waals surface area contributed by atoms with Gasteiger partial charge >= 0.3 is 0 Å². The summed E-state index contributed by atoms with van der Waals surface area (Å²) in [6.45, 7) is 4.10. The fraction of sp³-hybridized carbons (Fsp3) is 0.412. The second-order valence-electron chi connectivity index (χ2n) is 5.96. The normalized spacial score (nSPS) is 14.4. The van der Waals surface area contributed by atoms with E-state index in [4.69, 9.17) is 0 Å². The van der Waals surface area contributed by atoms with Crippen LogP contribution in [-0.2, 0) is 11.2 Å². The van der Waals surface area contributed by atoms with Gasteiger partial charge in [-0.25, -0.2) is 9.37 Å². The number of aromatic nitrogens is 1. The molecule has 1 aliphatic rings. The van der Waals surface area contributed by atoms with Crippen molar-refractivity contribution >= 4 is 17.2 Å². The van der Waals surface area contributed by atoms with Gasteiger partial charge in [-0.2, -0.15) is 0 Å². The first-order valence-electron chi connectivity index (χ1n) is 7.56. The Bertz CT molecular complexity index is 677. The number of hydrogen-bond acceptors (Lipinski definition) is 3. The van der Waals surface area contributed by atoms with Crippen LogP contribution in [0, 0.1) is 5.82 Å². The molecule has 1 aromatic carbocycles. The van der Waals surface area contributed by atoms with Gasteiger partial charge in [-0.05, 0) is 38.8 Å². The molecular weight excluding hydrogens is 299 g/mol. The van der Waals surface area contributed by atoms with Crippen LogP contribution in [0.25, 0.3) is 10.6 Å². The topological polar surface area (TPSA) is 33.2 Å². The number of benzene rings is 1. The molecule has 116 valence electrons. The second-order valence-corrected chi connectivity index (χ2v) is 6.82. The van der Waals surface area contributed by atoms with E-state index in [2.05, 4.69) is 18.8 Å². The quantitative estimate of drug-likeness (QED) is 0.838. The highest BCUT2D eigenvalue weighted by Gasteiger charge is 2.34. The summed E-state index contributed by atoms with van der Waals surface area (Å²) >= 11 is 1.45. The van der Waals surface area contributed by atoms with Crippen molar-refractivity contribution in [3.8, 4) is 10.6 Å². The van der Waals surface area contributed by atoms with E-state index in [9.17, 15) is 9.18 Å². The number of carbonyl (C=O) groups excluding carboxylic acids is 1. The first-order chi connectivity index (χ1) is 10.5. The highest BCUT2D eigenvalue weighted by atomic mass is 32.1. The molecule has 1 amide bonds. The number of halogens is 1. The van der Waals surface area contributed by atoms with Gasteiger partial charge in [0.05, 0.1) is 12.1 Å². The van der Waals surface area contributed by atoms with Crippen LogP contribution in [0.4, 0.5) is 4.39 Å². The molecule has 22 heavy (non-hydrogen) atoms. The minimum Gasteiger partial charge on any atom is -0.337 e. The Morgan fingerprint density at radius 2 is 2.23 bits per heavy atom. The SMILES string of the molecule is CC(C)N(C(=O)Cc1csc(-c2cccc(F)c2)n1)C1CC1. The van der Waals surface area contributed by atoms with Crippen LogP contribution in [-0.4, -0.2) is 27.9 Å². The molecule has 0 bridgehead atoms. The summed E-state index contributed by atoms with van der Waals surface area (Å²) in [5.41, 5.74) is 1.52. The Labute approximate surface area is 133 Å². The molecule has 5 heteroatoms. The lowest BCUT2D eigenvalue weighted by Crippen LogP contribution is -2.39. The summed E-state index contributed by atoms with van der Waals surface area (Å²) in [5.74, 6) is -0.140. The molecule has 3 rings (SSSR count). The monoisotopic (exact) mass is 318 g/mol. The third-order valence-electron chi connectivity index (χ3n) is 3.74. The van der Waals surface area contributed by atoms with Crippen LogP contribution in [0.2, 0.25) is 0 Å². The largest absolute Gasteiger partial charge is 0.337 e. The molecule has 0 saturated heterocycles. The van der Waals surface area contributed by atoms with E-state index in [0.29, 0.717) is 12.5 Å². The fourth-order valence-corrected chi connectivity index (χ4v) is 3.47. The third-order valence-corrected chi connectivity index (χ3v) is 4.68. The van der Waals surface area contributed by atoms with Crippen LogP contribution in [0.1, 0.15) is 32.4 Å². The predicted octanol–water partition coefficient (Wildman–Crippen LogP) is 3.89. The Morgan fingerprint density at radius 1 is 1.45 bits per heavy atom. The Hall–Kier alpha value is -1.75. The van der Waals surface area contributed by atoms with Gasteiger partial charge in [0.2, 0.25) is 5.91 Å². The zero-order valence-corrected chi connectivity index (χ0v) is 13.6. The Kier molecular flexibility index (Phi) is 4.25. The molecule has 0 atom stereocenters. The summed E-state index contributed by atoms with van der Waals surface area (Å²) in [6, 6.07) is 7.02. The molecule has 0 unspecified atom stereocenters. The van der Waals surface area contributed by atoms with Gasteiger partial charge in [0.15, 0.2) is 0 Å². The standard InChI is InChI=1S/C17H19FN2OS/c1-11(2)20(15-6-7-15)16(21)9-14-10-22-17(19-14)12-4-3-5-13(18)8-12/h3-5,8,10-11,15H,6-7,9H2,1-2H3. The van der Waals surface area contributed by atoms with Crippen molar-refractivity contribution in [1.82, 2.24) is 9.88 Å². The number of carbonyl (C=O) groups is 1. The third kappa shape index (κ3) is 3.35. The molecule has 1 saturated carbocycles. The predicted molar refractivity (Wildman–Crippen MR) is 86.2 cm³/mol. The first-order valence-corrected chi connectivity index (χ1v) is 8.44. The van der Waals surface area contributed by atoms with Crippen molar-refractivity contribution in [3.05, 3.63) is 41.2 Å². The van der Waals surface area contributed by atoms with Crippen molar-refractivity contribution in [2.24, 2.45) is 0 Å². The van der Waals surface area contributed by atoms with Gasteiger partial charge in [0, 0.05) is 23.0 Å². The van der Waals surface area contributed by atoms with E-state index in [1.54, 1.807) is 6.07 Å². The maximum absolute atomic E-state index is 13.3. The number of rotatable bonds is 5. The fourth-order valence-electron chi connectivity index (χ4n) is 2.65. The molecule has 2 aromatic rings. The van der Waals surface area contributed by atoms with Gasteiger partial charge in [0.1, 0.15) is 10.8 Å². The summed E-state index contributed by atoms with van der Waals surface area (Å²) in [4.78, 5) is 18.9. The molecule has 1 fully saturated rings. The van der Waals surface area contributed by atoms with Crippen molar-refractivity contribution in [3.63, 3.8) is 0 Å². The molecule has 0 N–H and O–H groups in total. The summed E-state index contributed by atoms with van der Waals surface area (Å²) in [7, 11) is 0. The molecule has 1 heterocycles. The maximum atomic E-state index is 13.3. The average Bonchev–Trinajstić information content (AvgIpc) is 3.16. The smallest absolute Gasteiger partial charge is 0.229 e. The van der Waals surface area contributed by atoms with E-state index in [-0.39, 0.29) is 17.8 Å². The highest BCUT2D eigenvalue weighted by Crippen LogP contribution is 2.30. The lowest BCUT2D eigenvalue weighted by atomic mass is 10.2. The van der Waals surface area contributed by atoms with Gasteiger partial charge in [0.25, 0.3) is 0 Å². The van der Waals surface area contributed by atoms with E-state index in [1.807, 2.05) is 16.3 Å². The maximum Gasteiger partial charge on any atom is 0.229 e. The minimum absolute atomic E-state index is 0.133. The Morgan fingerprint density at radius 3 is 2.86 bits per heavy atom. The van der Waals surface area contributed by atoms with Crippen molar-refractivity contribution in [1.29, 1.82) is 0 Å². The zero-order valence-electron chi connectivity index (χ0n) is 12.8. The van der Waals surface area contributed by atoms with Crippen LogP contribution in [0.15, 0.2) is 29.6 Å². The van der Waals surface area contributed by atoms with Crippen LogP contribution >= 0.6 is 11.3 Å². The number of nitrogens with zero attached hydrogens (tertiary/aromatic N) is 2. The van der Waals surface area contributed by atoms with Crippen molar-refractivity contribution in [2.45, 2.75) is 45.2 Å². The minimum atomic E-state index is -0.273. The molecule has 1 aromatic heterocycles. The van der Waals surface area contributed by atoms with Gasteiger partial charge in [-0.3, -0.25) is 4.79 Å². The van der Waals surface area contributed by atoms with E-state index < -0.39 is 0 Å². The van der Waals surface area contributed by atoms with Crippen LogP contribution < -0.4 is 0 Å². The Balaban J connectivity index is 1.72. The summed E-state index contributed by atoms with van der Waals surface area (Å²) in [5, 5.41) is 2.65. The zero-order chi connectivity index (χ0) is 15.7. The number of hydrogen-bond donors (Lipinski definition) is 0. The molecule has 1 aliphatic carbocycles. The summed E-state index contributed by atoms with van der Waals surface area (Å²) in [6.07, 6.45) is 2.53. The molecule has 0 radical (unpaired) electrons. The lowest BCUT2D eigenvalue weighted by Gasteiger charge is -2.26. The highest BCUT2D eigenvalue weighted by molar-refractivity contribution is 7.13. The van der Waals surface area contributed by atoms with Gasteiger partial charge in [-0.1, -0.05) is 12.1 Å². The second kappa shape index (κ2) is 6.16. The van der Waals surface area contributed by atoms with E-state index in [0.717, 1.165) is 29.1 Å². The van der Waals surface area contributed by atoms with Crippen LogP contribution in [0.5, 0.6) is 0 Å². The summed E-state index contributed by atoms with van der Waals surface area (Å²) < 4.78 is 13.3. The number of thiazole rings is 1. The van der Waals surface area contributed by atoms with Gasteiger partial charge < -0.3 is 4.90 Å². The van der Waals surface area contributed by atoms with Crippen LogP contribution in [0.3, 0.4) is 0 Å². The average molecular weight is 318 g/mol. The first kappa shape index (κ1) is 15.2. The van der Waals surface area contributed by atoms with Crippen molar-refractivity contribution in [2.75, 3.05) is 0 Å². The molecular formula is C17H19FN2OS. The molecule has 0 spiro atoms. The lowest BCUT2D eigenvalue weighted by molar-refractivity contribution is -0.132. The van der Waals surface area contributed by atoms with E-state index >= 15 is 0 Å². The number of amides is 1. The van der Waals surface area contributed by atoms with E-state index in [1.165, 1.54) is 23.5 Å². The molecule has 0 aliphatic heterocycles. The van der Waals surface area contributed by atoms with Crippen molar-refractivity contribution < 1.29 is 9.18 Å². The van der Waals surface area contributed by atoms with Gasteiger partial charge in [-0.15, -0.1) is 11.3 Å². The molecule has 3 nitrogen and oxygen atoms in total.